The minimum atomic E-state index is -4.52. The van der Waals surface area contributed by atoms with Crippen molar-refractivity contribution >= 4 is 17.8 Å². The highest BCUT2D eigenvalue weighted by Gasteiger charge is 2.37. The van der Waals surface area contributed by atoms with E-state index in [0.29, 0.717) is 6.54 Å². The van der Waals surface area contributed by atoms with Gasteiger partial charge in [0.2, 0.25) is 0 Å². The molecule has 5 nitrogen and oxygen atoms in total. The van der Waals surface area contributed by atoms with Crippen LogP contribution in [0.15, 0.2) is 6.20 Å². The van der Waals surface area contributed by atoms with Crippen LogP contribution in [0.4, 0.5) is 18.0 Å². The molecule has 0 radical (unpaired) electrons. The Morgan fingerprint density at radius 2 is 2.23 bits per heavy atom. The lowest BCUT2D eigenvalue weighted by atomic mass is 10.2. The van der Waals surface area contributed by atoms with Crippen molar-refractivity contribution in [1.29, 1.82) is 0 Å². The second kappa shape index (κ2) is 6.80. The minimum Gasteiger partial charge on any atom is -0.334 e. The number of aryl methyl sites for hydroxylation is 1. The molecule has 1 fully saturated rings. The molecule has 0 saturated carbocycles. The number of nitrogens with one attached hydrogen (secondary N) is 1. The highest BCUT2D eigenvalue weighted by Crippen LogP contribution is 2.30. The van der Waals surface area contributed by atoms with E-state index in [9.17, 15) is 18.0 Å². The molecule has 0 aromatic carbocycles. The highest BCUT2D eigenvalue weighted by atomic mass is 32.2. The lowest BCUT2D eigenvalue weighted by molar-refractivity contribution is -0.142. The van der Waals surface area contributed by atoms with Crippen LogP contribution in [0.1, 0.15) is 24.6 Å². The number of alkyl halides is 3. The zero-order valence-corrected chi connectivity index (χ0v) is 13.3. The van der Waals surface area contributed by atoms with E-state index in [-0.39, 0.29) is 24.2 Å². The first kappa shape index (κ1) is 17.0. The maximum absolute atomic E-state index is 12.9. The Morgan fingerprint density at radius 3 is 2.91 bits per heavy atom. The van der Waals surface area contributed by atoms with Gasteiger partial charge in [0, 0.05) is 43.7 Å². The number of rotatable bonds is 2. The monoisotopic (exact) mass is 336 g/mol. The summed E-state index contributed by atoms with van der Waals surface area (Å²) >= 11 is 1.78. The van der Waals surface area contributed by atoms with Crippen molar-refractivity contribution in [2.45, 2.75) is 32.1 Å². The molecule has 1 saturated heterocycles. The molecule has 22 heavy (non-hydrogen) atoms. The van der Waals surface area contributed by atoms with Crippen molar-refractivity contribution in [2.24, 2.45) is 7.05 Å². The third kappa shape index (κ3) is 4.08. The number of carbonyl (C=O) groups is 1. The average Bonchev–Trinajstić information content (AvgIpc) is 2.67. The van der Waals surface area contributed by atoms with Gasteiger partial charge >= 0.3 is 12.2 Å². The number of amides is 2. The molecular weight excluding hydrogens is 317 g/mol. The summed E-state index contributed by atoms with van der Waals surface area (Å²) in [6.07, 6.45) is -2.35. The Morgan fingerprint density at radius 1 is 1.50 bits per heavy atom. The Kier molecular flexibility index (Phi) is 5.25. The molecule has 2 heterocycles. The molecule has 2 amide bonds. The standard InChI is InChI=1S/C13H19F3N4OS/c1-9-3-5-22-6-4-20(9)12(21)17-7-10-8-19(2)18-11(10)13(14,15)16/h8-9H,3-7H2,1-2H3,(H,17,21)/t9-/m1/s1. The first-order chi connectivity index (χ1) is 10.3. The van der Waals surface area contributed by atoms with E-state index in [1.54, 1.807) is 16.7 Å². The Balaban J connectivity index is 2.02. The summed E-state index contributed by atoms with van der Waals surface area (Å²) in [5, 5.41) is 6.00. The molecule has 9 heteroatoms. The van der Waals surface area contributed by atoms with Crippen molar-refractivity contribution < 1.29 is 18.0 Å². The molecule has 2 rings (SSSR count). The Labute approximate surface area is 131 Å². The molecule has 1 aliphatic heterocycles. The fraction of sp³-hybridized carbons (Fsp3) is 0.692. The van der Waals surface area contributed by atoms with E-state index in [2.05, 4.69) is 10.4 Å². The summed E-state index contributed by atoms with van der Waals surface area (Å²) in [5.74, 6) is 1.84. The second-order valence-electron chi connectivity index (χ2n) is 5.28. The van der Waals surface area contributed by atoms with Gasteiger partial charge in [0.1, 0.15) is 0 Å². The van der Waals surface area contributed by atoms with Gasteiger partial charge < -0.3 is 10.2 Å². The van der Waals surface area contributed by atoms with Gasteiger partial charge in [-0.1, -0.05) is 0 Å². The largest absolute Gasteiger partial charge is 0.435 e. The smallest absolute Gasteiger partial charge is 0.334 e. The summed E-state index contributed by atoms with van der Waals surface area (Å²) in [6, 6.07) is -0.238. The molecule has 1 N–H and O–H groups in total. The van der Waals surface area contributed by atoms with Crippen molar-refractivity contribution in [3.8, 4) is 0 Å². The minimum absolute atomic E-state index is 0.0276. The topological polar surface area (TPSA) is 50.2 Å². The number of thioether (sulfide) groups is 1. The van der Waals surface area contributed by atoms with E-state index >= 15 is 0 Å². The summed E-state index contributed by atoms with van der Waals surface area (Å²) in [5.41, 5.74) is -0.977. The van der Waals surface area contributed by atoms with E-state index < -0.39 is 11.9 Å². The second-order valence-corrected chi connectivity index (χ2v) is 6.50. The molecule has 0 unspecified atom stereocenters. The maximum Gasteiger partial charge on any atom is 0.435 e. The molecule has 1 aromatic rings. The van der Waals surface area contributed by atoms with Crippen LogP contribution in [-0.4, -0.2) is 44.8 Å². The number of nitrogens with zero attached hydrogens (tertiary/aromatic N) is 3. The molecule has 1 atom stereocenters. The molecule has 0 bridgehead atoms. The number of urea groups is 1. The zero-order valence-electron chi connectivity index (χ0n) is 12.5. The van der Waals surface area contributed by atoms with Crippen molar-refractivity contribution in [3.63, 3.8) is 0 Å². The van der Waals surface area contributed by atoms with Gasteiger partial charge in [-0.3, -0.25) is 4.68 Å². The van der Waals surface area contributed by atoms with Gasteiger partial charge in [-0.2, -0.15) is 30.0 Å². The van der Waals surface area contributed by atoms with Gasteiger partial charge in [0.05, 0.1) is 0 Å². The summed E-state index contributed by atoms with van der Waals surface area (Å²) < 4.78 is 39.7. The highest BCUT2D eigenvalue weighted by molar-refractivity contribution is 7.99. The molecule has 0 spiro atoms. The third-order valence-electron chi connectivity index (χ3n) is 3.55. The van der Waals surface area contributed by atoms with Crippen LogP contribution in [0.3, 0.4) is 0 Å². The van der Waals surface area contributed by atoms with Crippen LogP contribution in [0.2, 0.25) is 0 Å². The van der Waals surface area contributed by atoms with Gasteiger partial charge in [-0.25, -0.2) is 4.79 Å². The van der Waals surface area contributed by atoms with Crippen molar-refractivity contribution in [1.82, 2.24) is 20.0 Å². The number of hydrogen-bond donors (Lipinski definition) is 1. The summed E-state index contributed by atoms with van der Waals surface area (Å²) in [6.45, 7) is 2.38. The van der Waals surface area contributed by atoms with Crippen LogP contribution < -0.4 is 5.32 Å². The van der Waals surface area contributed by atoms with Crippen LogP contribution in [0, 0.1) is 0 Å². The number of carbonyl (C=O) groups excluding carboxylic acids is 1. The van der Waals surface area contributed by atoms with Crippen LogP contribution in [-0.2, 0) is 19.8 Å². The molecular formula is C13H19F3N4OS. The molecule has 124 valence electrons. The fourth-order valence-electron chi connectivity index (χ4n) is 2.37. The van der Waals surface area contributed by atoms with Gasteiger partial charge in [0.25, 0.3) is 0 Å². The lowest BCUT2D eigenvalue weighted by Gasteiger charge is -2.27. The Hall–Kier alpha value is -1.38. The van der Waals surface area contributed by atoms with E-state index in [1.807, 2.05) is 6.92 Å². The van der Waals surface area contributed by atoms with Gasteiger partial charge in [0.15, 0.2) is 5.69 Å². The summed E-state index contributed by atoms with van der Waals surface area (Å²) in [4.78, 5) is 13.9. The number of halogens is 3. The van der Waals surface area contributed by atoms with E-state index in [1.165, 1.54) is 13.2 Å². The lowest BCUT2D eigenvalue weighted by Crippen LogP contribution is -2.45. The van der Waals surface area contributed by atoms with Crippen molar-refractivity contribution in [3.05, 3.63) is 17.5 Å². The quantitative estimate of drug-likeness (QED) is 0.903. The first-order valence-electron chi connectivity index (χ1n) is 7.01. The zero-order chi connectivity index (χ0) is 16.3. The maximum atomic E-state index is 12.9. The number of hydrogen-bond acceptors (Lipinski definition) is 3. The van der Waals surface area contributed by atoms with E-state index in [0.717, 1.165) is 22.6 Å². The van der Waals surface area contributed by atoms with E-state index in [4.69, 9.17) is 0 Å². The fourth-order valence-corrected chi connectivity index (χ4v) is 3.41. The normalized spacial score (nSPS) is 19.9. The van der Waals surface area contributed by atoms with Crippen molar-refractivity contribution in [2.75, 3.05) is 18.1 Å². The number of aromatic nitrogens is 2. The predicted octanol–water partition coefficient (Wildman–Crippen LogP) is 2.48. The molecule has 0 aliphatic carbocycles. The average molecular weight is 336 g/mol. The van der Waals surface area contributed by atoms with Crippen LogP contribution in [0.5, 0.6) is 0 Å². The molecule has 1 aliphatic rings. The van der Waals surface area contributed by atoms with Gasteiger partial charge in [-0.15, -0.1) is 0 Å². The Bertz CT molecular complexity index is 532. The predicted molar refractivity (Wildman–Crippen MR) is 78.6 cm³/mol. The van der Waals surface area contributed by atoms with Crippen LogP contribution >= 0.6 is 11.8 Å². The molecule has 1 aromatic heterocycles. The third-order valence-corrected chi connectivity index (χ3v) is 4.55. The summed E-state index contributed by atoms with van der Waals surface area (Å²) in [7, 11) is 1.43. The first-order valence-corrected chi connectivity index (χ1v) is 8.16. The van der Waals surface area contributed by atoms with Gasteiger partial charge in [-0.05, 0) is 19.1 Å². The SMILES string of the molecule is C[C@@H]1CCSCCN1C(=O)NCc1cn(C)nc1C(F)(F)F. The van der Waals surface area contributed by atoms with Crippen LogP contribution in [0.25, 0.3) is 0 Å².